The Morgan fingerprint density at radius 2 is 2.31 bits per heavy atom. The molecule has 16 heavy (non-hydrogen) atoms. The van der Waals surface area contributed by atoms with Crippen LogP contribution in [0.5, 0.6) is 5.75 Å². The number of hydrogen-bond acceptors (Lipinski definition) is 6. The van der Waals surface area contributed by atoms with Crippen LogP contribution in [0.3, 0.4) is 0 Å². The summed E-state index contributed by atoms with van der Waals surface area (Å²) in [4.78, 5) is 15.5. The molecule has 2 rings (SSSR count). The lowest BCUT2D eigenvalue weighted by atomic mass is 10.2. The molecule has 0 fully saturated rings. The first-order chi connectivity index (χ1) is 7.50. The molecule has 84 valence electrons. The van der Waals surface area contributed by atoms with Gasteiger partial charge in [0.15, 0.2) is 5.13 Å². The number of nitrogens with two attached hydrogens (primary N) is 1. The number of nitrogen functional groups attached to an aromatic ring is 1. The van der Waals surface area contributed by atoms with Crippen LogP contribution in [0, 0.1) is 6.92 Å². The number of anilines is 1. The monoisotopic (exact) mass is 302 g/mol. The van der Waals surface area contributed by atoms with Gasteiger partial charge in [-0.05, 0) is 22.9 Å². The molecule has 0 amide bonds. The second-order valence-corrected chi connectivity index (χ2v) is 4.74. The van der Waals surface area contributed by atoms with Crippen molar-refractivity contribution in [2.24, 2.45) is 0 Å². The smallest absolute Gasteiger partial charge is 0.349 e. The van der Waals surface area contributed by atoms with E-state index < -0.39 is 5.63 Å². The summed E-state index contributed by atoms with van der Waals surface area (Å²) >= 11 is 4.32. The topological polar surface area (TPSA) is 89.4 Å². The molecule has 0 saturated heterocycles. The third-order valence-electron chi connectivity index (χ3n) is 1.98. The second-order valence-electron chi connectivity index (χ2n) is 3.05. The fraction of sp³-hybridized carbons (Fsp3) is 0.111. The maximum atomic E-state index is 11.6. The van der Waals surface area contributed by atoms with Crippen molar-refractivity contribution < 1.29 is 9.52 Å². The first kappa shape index (κ1) is 11.2. The Labute approximate surface area is 103 Å². The number of rotatable bonds is 1. The van der Waals surface area contributed by atoms with E-state index in [0.717, 1.165) is 0 Å². The zero-order chi connectivity index (χ0) is 11.9. The first-order valence-electron chi connectivity index (χ1n) is 4.24. The molecule has 0 aromatic carbocycles. The minimum Gasteiger partial charge on any atom is -0.506 e. The number of aromatic nitrogens is 1. The van der Waals surface area contributed by atoms with Crippen molar-refractivity contribution in [3.8, 4) is 17.0 Å². The van der Waals surface area contributed by atoms with Gasteiger partial charge in [0.2, 0.25) is 0 Å². The van der Waals surface area contributed by atoms with E-state index in [0.29, 0.717) is 21.1 Å². The van der Waals surface area contributed by atoms with Crippen LogP contribution in [-0.4, -0.2) is 10.1 Å². The van der Waals surface area contributed by atoms with Gasteiger partial charge in [0.25, 0.3) is 0 Å². The highest BCUT2D eigenvalue weighted by Gasteiger charge is 2.19. The average molecular weight is 303 g/mol. The Balaban J connectivity index is 2.75. The first-order valence-corrected chi connectivity index (χ1v) is 5.91. The van der Waals surface area contributed by atoms with Gasteiger partial charge < -0.3 is 15.3 Å². The van der Waals surface area contributed by atoms with Gasteiger partial charge in [0, 0.05) is 5.38 Å². The fourth-order valence-corrected chi connectivity index (χ4v) is 2.07. The summed E-state index contributed by atoms with van der Waals surface area (Å²) < 4.78 is 5.29. The van der Waals surface area contributed by atoms with Crippen molar-refractivity contribution in [3.05, 3.63) is 26.0 Å². The van der Waals surface area contributed by atoms with E-state index in [9.17, 15) is 9.90 Å². The van der Waals surface area contributed by atoms with Crippen LogP contribution < -0.4 is 11.4 Å². The van der Waals surface area contributed by atoms with Gasteiger partial charge in [-0.3, -0.25) is 0 Å². The van der Waals surface area contributed by atoms with E-state index in [1.54, 1.807) is 12.3 Å². The standard InChI is InChI=1S/C9H7BrN2O3S/c1-3-6(10)7(13)5(8(14)15-3)4-2-16-9(11)12-4/h2,13H,1H3,(H2,11,12). The van der Waals surface area contributed by atoms with E-state index >= 15 is 0 Å². The summed E-state index contributed by atoms with van der Waals surface area (Å²) in [6.45, 7) is 1.57. The fourth-order valence-electron chi connectivity index (χ4n) is 1.24. The molecule has 7 heteroatoms. The highest BCUT2D eigenvalue weighted by atomic mass is 79.9. The number of aryl methyl sites for hydroxylation is 1. The van der Waals surface area contributed by atoms with Crippen LogP contribution in [0.25, 0.3) is 11.3 Å². The summed E-state index contributed by atoms with van der Waals surface area (Å²) in [6, 6.07) is 0. The number of hydrogen-bond donors (Lipinski definition) is 2. The lowest BCUT2D eigenvalue weighted by Crippen LogP contribution is -2.05. The summed E-state index contributed by atoms with van der Waals surface area (Å²) in [7, 11) is 0. The Bertz CT molecular complexity index is 605. The van der Waals surface area contributed by atoms with Gasteiger partial charge in [-0.1, -0.05) is 0 Å². The lowest BCUT2D eigenvalue weighted by Gasteiger charge is -2.03. The molecule has 0 aliphatic rings. The van der Waals surface area contributed by atoms with E-state index in [1.807, 2.05) is 0 Å². The second kappa shape index (κ2) is 3.91. The Kier molecular flexibility index (Phi) is 2.73. The predicted molar refractivity (Wildman–Crippen MR) is 64.6 cm³/mol. The van der Waals surface area contributed by atoms with Crippen LogP contribution in [-0.2, 0) is 0 Å². The highest BCUT2D eigenvalue weighted by Crippen LogP contribution is 2.35. The SMILES string of the molecule is Cc1oc(=O)c(-c2csc(N)n2)c(O)c1Br. The van der Waals surface area contributed by atoms with Crippen molar-refractivity contribution in [1.29, 1.82) is 0 Å². The van der Waals surface area contributed by atoms with Crippen LogP contribution in [0.4, 0.5) is 5.13 Å². The molecule has 2 aromatic rings. The van der Waals surface area contributed by atoms with Crippen molar-refractivity contribution in [1.82, 2.24) is 4.98 Å². The van der Waals surface area contributed by atoms with Gasteiger partial charge >= 0.3 is 5.63 Å². The van der Waals surface area contributed by atoms with Crippen LogP contribution >= 0.6 is 27.3 Å². The van der Waals surface area contributed by atoms with Gasteiger partial charge in [0.05, 0.1) is 10.2 Å². The van der Waals surface area contributed by atoms with Gasteiger partial charge in [-0.25, -0.2) is 9.78 Å². The summed E-state index contributed by atoms with van der Waals surface area (Å²) in [5.41, 5.74) is 5.16. The molecule has 3 N–H and O–H groups in total. The minimum atomic E-state index is -0.636. The predicted octanol–water partition coefficient (Wildman–Crippen LogP) is 2.12. The van der Waals surface area contributed by atoms with Crippen molar-refractivity contribution in [2.75, 3.05) is 5.73 Å². The lowest BCUT2D eigenvalue weighted by molar-refractivity contribution is 0.432. The molecular weight excluding hydrogens is 296 g/mol. The molecule has 0 bridgehead atoms. The molecule has 2 heterocycles. The van der Waals surface area contributed by atoms with E-state index in [2.05, 4.69) is 20.9 Å². The van der Waals surface area contributed by atoms with Crippen LogP contribution in [0.1, 0.15) is 5.76 Å². The maximum Gasteiger partial charge on any atom is 0.349 e. The third-order valence-corrected chi connectivity index (χ3v) is 3.59. The number of aromatic hydroxyl groups is 1. The Hall–Kier alpha value is -1.34. The largest absolute Gasteiger partial charge is 0.506 e. The number of thiazole rings is 1. The molecule has 2 aromatic heterocycles. The van der Waals surface area contributed by atoms with Crippen molar-refractivity contribution >= 4 is 32.4 Å². The normalized spacial score (nSPS) is 10.6. The van der Waals surface area contributed by atoms with E-state index in [-0.39, 0.29) is 11.3 Å². The summed E-state index contributed by atoms with van der Waals surface area (Å²) in [5, 5.41) is 11.7. The highest BCUT2D eigenvalue weighted by molar-refractivity contribution is 9.10. The van der Waals surface area contributed by atoms with E-state index in [1.165, 1.54) is 11.3 Å². The molecule has 0 atom stereocenters. The maximum absolute atomic E-state index is 11.6. The third kappa shape index (κ3) is 1.72. The van der Waals surface area contributed by atoms with Crippen LogP contribution in [0.2, 0.25) is 0 Å². The molecule has 0 aliphatic carbocycles. The van der Waals surface area contributed by atoms with Gasteiger partial charge in [-0.15, -0.1) is 11.3 Å². The number of halogens is 1. The molecule has 0 unspecified atom stereocenters. The minimum absolute atomic E-state index is 0.0189. The summed E-state index contributed by atoms with van der Waals surface area (Å²) in [6.07, 6.45) is 0. The average Bonchev–Trinajstić information content (AvgIpc) is 2.61. The van der Waals surface area contributed by atoms with Gasteiger partial charge in [0.1, 0.15) is 17.1 Å². The molecule has 0 aliphatic heterocycles. The molecule has 0 saturated carbocycles. The van der Waals surface area contributed by atoms with Crippen molar-refractivity contribution in [3.63, 3.8) is 0 Å². The molecule has 5 nitrogen and oxygen atoms in total. The number of nitrogens with zero attached hydrogens (tertiary/aromatic N) is 1. The molecular formula is C9H7BrN2O3S. The van der Waals surface area contributed by atoms with Gasteiger partial charge in [-0.2, -0.15) is 0 Å². The van der Waals surface area contributed by atoms with Crippen LogP contribution in [0.15, 0.2) is 19.1 Å². The zero-order valence-corrected chi connectivity index (χ0v) is 10.6. The van der Waals surface area contributed by atoms with E-state index in [4.69, 9.17) is 10.2 Å². The quantitative estimate of drug-likeness (QED) is 0.842. The zero-order valence-electron chi connectivity index (χ0n) is 8.15. The summed E-state index contributed by atoms with van der Waals surface area (Å²) in [5.74, 6) is 0.133. The van der Waals surface area contributed by atoms with Crippen molar-refractivity contribution in [2.45, 2.75) is 6.92 Å². The molecule has 0 spiro atoms. The Morgan fingerprint density at radius 3 is 2.88 bits per heavy atom. The molecule has 0 radical (unpaired) electrons. The Morgan fingerprint density at radius 1 is 1.62 bits per heavy atom.